The van der Waals surface area contributed by atoms with Crippen LogP contribution in [0.1, 0.15) is 11.1 Å². The van der Waals surface area contributed by atoms with Gasteiger partial charge in [-0.25, -0.2) is 9.82 Å². The molecule has 1 heterocycles. The van der Waals surface area contributed by atoms with Crippen molar-refractivity contribution in [2.24, 2.45) is 5.10 Å². The van der Waals surface area contributed by atoms with E-state index in [0.717, 1.165) is 5.39 Å². The topological polar surface area (TPSA) is 82.0 Å². The fraction of sp³-hybridized carbons (Fsp3) is 0.115. The van der Waals surface area contributed by atoms with Crippen molar-refractivity contribution in [1.82, 2.24) is 10.4 Å². The number of methoxy groups -OCH3 is 1. The summed E-state index contributed by atoms with van der Waals surface area (Å²) in [6.07, 6.45) is 3.13. The Balaban J connectivity index is 1.36. The number of ether oxygens (including phenoxy) is 3. The average Bonchev–Trinajstić information content (AvgIpc) is 2.87. The van der Waals surface area contributed by atoms with E-state index in [-0.39, 0.29) is 19.0 Å². The van der Waals surface area contributed by atoms with Gasteiger partial charge >= 0.3 is 0 Å². The number of nitrogens with zero attached hydrogens (tertiary/aromatic N) is 2. The fourth-order valence-electron chi connectivity index (χ4n) is 3.27. The minimum absolute atomic E-state index is 0.0390. The normalized spacial score (nSPS) is 10.9. The van der Waals surface area contributed by atoms with E-state index in [0.29, 0.717) is 38.4 Å². The highest BCUT2D eigenvalue weighted by atomic mass is 79.9. The maximum absolute atomic E-state index is 13.9. The van der Waals surface area contributed by atoms with Crippen LogP contribution >= 0.6 is 15.9 Å². The van der Waals surface area contributed by atoms with Crippen LogP contribution in [0, 0.1) is 5.82 Å². The number of para-hydroxylation sites is 1. The SMILES string of the molecule is COc1cc(/C=N/NC(=O)COc2cccc3cccnc23)cc(Br)c1OCc1ccccc1F. The number of carbonyl (C=O) groups is 1. The van der Waals surface area contributed by atoms with Gasteiger partial charge in [-0.3, -0.25) is 9.78 Å². The molecule has 4 rings (SSSR count). The molecular formula is C26H21BrFN3O4. The van der Waals surface area contributed by atoms with E-state index in [1.165, 1.54) is 19.4 Å². The lowest BCUT2D eigenvalue weighted by atomic mass is 10.2. The Kier molecular flexibility index (Phi) is 7.89. The largest absolute Gasteiger partial charge is 0.493 e. The van der Waals surface area contributed by atoms with Gasteiger partial charge in [0.2, 0.25) is 0 Å². The summed E-state index contributed by atoms with van der Waals surface area (Å²) in [5.41, 5.74) is 4.18. The quantitative estimate of drug-likeness (QED) is 0.233. The van der Waals surface area contributed by atoms with Gasteiger partial charge in [0.15, 0.2) is 18.1 Å². The Hall–Kier alpha value is -3.98. The number of hydrazone groups is 1. The number of carbonyl (C=O) groups excluding carboxylic acids is 1. The standard InChI is InChI=1S/C26H21BrFN3O4/c1-33-23-13-17(12-20(27)26(23)35-15-19-6-2-3-9-21(19)28)14-30-31-24(32)16-34-22-10-4-7-18-8-5-11-29-25(18)22/h2-14H,15-16H2,1H3,(H,31,32)/b30-14+. The minimum atomic E-state index is -0.426. The van der Waals surface area contributed by atoms with Crippen LogP contribution in [0.4, 0.5) is 4.39 Å². The number of hydrogen-bond donors (Lipinski definition) is 1. The number of fused-ring (bicyclic) bond motifs is 1. The third-order valence-corrected chi connectivity index (χ3v) is 5.53. The molecule has 0 fully saturated rings. The van der Waals surface area contributed by atoms with Crippen molar-refractivity contribution in [3.63, 3.8) is 0 Å². The minimum Gasteiger partial charge on any atom is -0.493 e. The molecule has 178 valence electrons. The lowest BCUT2D eigenvalue weighted by Gasteiger charge is -2.14. The second-order valence-corrected chi connectivity index (χ2v) is 8.18. The molecule has 0 radical (unpaired) electrons. The maximum Gasteiger partial charge on any atom is 0.277 e. The Morgan fingerprint density at radius 2 is 1.91 bits per heavy atom. The predicted molar refractivity (Wildman–Crippen MR) is 134 cm³/mol. The molecule has 4 aromatic rings. The van der Waals surface area contributed by atoms with E-state index >= 15 is 0 Å². The fourth-order valence-corrected chi connectivity index (χ4v) is 3.84. The van der Waals surface area contributed by atoms with Gasteiger partial charge in [-0.2, -0.15) is 5.10 Å². The molecule has 7 nitrogen and oxygen atoms in total. The summed E-state index contributed by atoms with van der Waals surface area (Å²) in [7, 11) is 1.50. The smallest absolute Gasteiger partial charge is 0.277 e. The molecule has 0 atom stereocenters. The Labute approximate surface area is 209 Å². The zero-order valence-electron chi connectivity index (χ0n) is 18.7. The molecule has 3 aromatic carbocycles. The first-order valence-corrected chi connectivity index (χ1v) is 11.4. The molecule has 35 heavy (non-hydrogen) atoms. The van der Waals surface area contributed by atoms with Crippen LogP contribution in [-0.4, -0.2) is 30.8 Å². The van der Waals surface area contributed by atoms with Crippen LogP contribution in [0.15, 0.2) is 82.5 Å². The van der Waals surface area contributed by atoms with E-state index in [1.54, 1.807) is 42.6 Å². The summed E-state index contributed by atoms with van der Waals surface area (Å²) in [5, 5.41) is 4.90. The lowest BCUT2D eigenvalue weighted by molar-refractivity contribution is -0.123. The monoisotopic (exact) mass is 537 g/mol. The third kappa shape index (κ3) is 6.13. The first kappa shape index (κ1) is 24.2. The van der Waals surface area contributed by atoms with Gasteiger partial charge < -0.3 is 14.2 Å². The van der Waals surface area contributed by atoms with Gasteiger partial charge in [0.1, 0.15) is 23.7 Å². The zero-order chi connectivity index (χ0) is 24.6. The van der Waals surface area contributed by atoms with Crippen molar-refractivity contribution in [3.8, 4) is 17.2 Å². The molecule has 9 heteroatoms. The van der Waals surface area contributed by atoms with Crippen LogP contribution in [0.3, 0.4) is 0 Å². The number of aromatic nitrogens is 1. The summed E-state index contributed by atoms with van der Waals surface area (Å²) in [6, 6.07) is 19.1. The number of halogens is 2. The van der Waals surface area contributed by atoms with Gasteiger partial charge in [0.05, 0.1) is 17.8 Å². The molecule has 0 aliphatic rings. The van der Waals surface area contributed by atoms with Gasteiger partial charge in [-0.15, -0.1) is 0 Å². The number of rotatable bonds is 9. The van der Waals surface area contributed by atoms with Crippen molar-refractivity contribution in [3.05, 3.63) is 94.3 Å². The highest BCUT2D eigenvalue weighted by molar-refractivity contribution is 9.10. The molecule has 1 aromatic heterocycles. The zero-order valence-corrected chi connectivity index (χ0v) is 20.3. The van der Waals surface area contributed by atoms with Crippen molar-refractivity contribution < 1.29 is 23.4 Å². The van der Waals surface area contributed by atoms with Crippen molar-refractivity contribution in [2.45, 2.75) is 6.61 Å². The molecule has 1 N–H and O–H groups in total. The predicted octanol–water partition coefficient (Wildman–Crippen LogP) is 5.25. The molecular weight excluding hydrogens is 517 g/mol. The Morgan fingerprint density at radius 3 is 2.74 bits per heavy atom. The van der Waals surface area contributed by atoms with Crippen molar-refractivity contribution >= 4 is 39.0 Å². The van der Waals surface area contributed by atoms with Crippen LogP contribution in [-0.2, 0) is 11.4 Å². The summed E-state index contributed by atoms with van der Waals surface area (Å²) < 4.78 is 31.3. The Morgan fingerprint density at radius 1 is 1.09 bits per heavy atom. The van der Waals surface area contributed by atoms with Gasteiger partial charge in [0, 0.05) is 17.1 Å². The van der Waals surface area contributed by atoms with E-state index in [2.05, 4.69) is 31.4 Å². The summed E-state index contributed by atoms with van der Waals surface area (Å²) in [6.45, 7) is -0.180. The number of nitrogens with one attached hydrogen (secondary N) is 1. The molecule has 0 unspecified atom stereocenters. The number of hydrogen-bond acceptors (Lipinski definition) is 6. The summed E-state index contributed by atoms with van der Waals surface area (Å²) in [4.78, 5) is 16.5. The van der Waals surface area contributed by atoms with Crippen LogP contribution in [0.5, 0.6) is 17.2 Å². The lowest BCUT2D eigenvalue weighted by Crippen LogP contribution is -2.24. The first-order valence-electron chi connectivity index (χ1n) is 10.6. The van der Waals surface area contributed by atoms with E-state index in [9.17, 15) is 9.18 Å². The first-order chi connectivity index (χ1) is 17.0. The summed E-state index contributed by atoms with van der Waals surface area (Å²) >= 11 is 3.45. The average molecular weight is 538 g/mol. The molecule has 0 aliphatic carbocycles. The second-order valence-electron chi connectivity index (χ2n) is 7.33. The van der Waals surface area contributed by atoms with Crippen LogP contribution < -0.4 is 19.6 Å². The maximum atomic E-state index is 13.9. The molecule has 0 aliphatic heterocycles. The van der Waals surface area contributed by atoms with E-state index < -0.39 is 5.91 Å². The molecule has 0 bridgehead atoms. The number of amides is 1. The highest BCUT2D eigenvalue weighted by Gasteiger charge is 2.13. The molecule has 0 spiro atoms. The summed E-state index contributed by atoms with van der Waals surface area (Å²) in [5.74, 6) is 0.596. The van der Waals surface area contributed by atoms with Crippen LogP contribution in [0.25, 0.3) is 10.9 Å². The highest BCUT2D eigenvalue weighted by Crippen LogP contribution is 2.37. The second kappa shape index (κ2) is 11.4. The van der Waals surface area contributed by atoms with Crippen molar-refractivity contribution in [1.29, 1.82) is 0 Å². The molecule has 0 saturated heterocycles. The third-order valence-electron chi connectivity index (χ3n) is 4.94. The molecule has 0 saturated carbocycles. The van der Waals surface area contributed by atoms with E-state index in [4.69, 9.17) is 14.2 Å². The van der Waals surface area contributed by atoms with Crippen molar-refractivity contribution in [2.75, 3.05) is 13.7 Å². The van der Waals surface area contributed by atoms with Crippen LogP contribution in [0.2, 0.25) is 0 Å². The van der Waals surface area contributed by atoms with Gasteiger partial charge in [0.25, 0.3) is 5.91 Å². The number of benzene rings is 3. The Bertz CT molecular complexity index is 1370. The number of pyridine rings is 1. The molecule has 1 amide bonds. The van der Waals surface area contributed by atoms with Gasteiger partial charge in [-0.05, 0) is 51.8 Å². The van der Waals surface area contributed by atoms with Gasteiger partial charge in [-0.1, -0.05) is 36.4 Å². The van der Waals surface area contributed by atoms with E-state index in [1.807, 2.05) is 24.3 Å².